The second-order valence-corrected chi connectivity index (χ2v) is 4.75. The number of nitrogen functional groups attached to an aromatic ring is 1. The van der Waals surface area contributed by atoms with E-state index in [1.54, 1.807) is 0 Å². The third-order valence-corrected chi connectivity index (χ3v) is 3.08. The lowest BCUT2D eigenvalue weighted by molar-refractivity contribution is 0.463. The normalized spacial score (nSPS) is 11.8. The largest absolute Gasteiger partial charge is 0.744 e. The number of hydrogen-bond donors (Lipinski definition) is 2. The van der Waals surface area contributed by atoms with Crippen LogP contribution < -0.4 is 5.73 Å². The Morgan fingerprint density at radius 2 is 1.81 bits per heavy atom. The highest BCUT2D eigenvalue weighted by atomic mass is 32.2. The average Bonchev–Trinajstić information content (AvgIpc) is 2.17. The highest BCUT2D eigenvalue weighted by Gasteiger charge is 2.05. The molecule has 0 fully saturated rings. The summed E-state index contributed by atoms with van der Waals surface area (Å²) in [5.74, 6) is -0.145. The molecule has 3 N–H and O–H groups in total. The fourth-order valence-corrected chi connectivity index (χ4v) is 1.94. The Bertz CT molecular complexity index is 664. The molecule has 0 spiro atoms. The Morgan fingerprint density at radius 3 is 2.44 bits per heavy atom. The summed E-state index contributed by atoms with van der Waals surface area (Å²) in [6.45, 7) is 0. The molecule has 0 saturated heterocycles. The van der Waals surface area contributed by atoms with Crippen LogP contribution in [0.3, 0.4) is 0 Å². The van der Waals surface area contributed by atoms with E-state index >= 15 is 0 Å². The van der Waals surface area contributed by atoms with E-state index in [0.717, 1.165) is 0 Å². The van der Waals surface area contributed by atoms with Crippen molar-refractivity contribution in [1.29, 1.82) is 0 Å². The number of phenols is 1. The standard InChI is InChI=1S/C10H9NO4S/c11-9-4-6-1-2-8(16(13,14)15)3-7(6)5-10(9)12/h1-5,12H,11H2,(H,13,14,15)/p-1. The summed E-state index contributed by atoms with van der Waals surface area (Å²) in [5.41, 5.74) is 5.68. The maximum absolute atomic E-state index is 10.8. The first-order valence-corrected chi connectivity index (χ1v) is 5.77. The van der Waals surface area contributed by atoms with Gasteiger partial charge in [0.2, 0.25) is 0 Å². The second-order valence-electron chi connectivity index (χ2n) is 3.37. The van der Waals surface area contributed by atoms with Gasteiger partial charge < -0.3 is 15.4 Å². The summed E-state index contributed by atoms with van der Waals surface area (Å²) < 4.78 is 32.4. The number of benzene rings is 2. The fourth-order valence-electron chi connectivity index (χ4n) is 1.44. The maximum Gasteiger partial charge on any atom is 0.139 e. The van der Waals surface area contributed by atoms with E-state index in [-0.39, 0.29) is 16.3 Å². The summed E-state index contributed by atoms with van der Waals surface area (Å²) in [6, 6.07) is 6.71. The average molecular weight is 238 g/mol. The van der Waals surface area contributed by atoms with Gasteiger partial charge in [-0.05, 0) is 35.0 Å². The molecule has 2 aromatic rings. The number of nitrogens with two attached hydrogens (primary N) is 1. The van der Waals surface area contributed by atoms with Gasteiger partial charge >= 0.3 is 0 Å². The molecule has 0 atom stereocenters. The smallest absolute Gasteiger partial charge is 0.139 e. The molecule has 5 nitrogen and oxygen atoms in total. The van der Waals surface area contributed by atoms with Crippen LogP contribution in [0.4, 0.5) is 5.69 Å². The van der Waals surface area contributed by atoms with Gasteiger partial charge in [-0.15, -0.1) is 0 Å². The molecule has 16 heavy (non-hydrogen) atoms. The van der Waals surface area contributed by atoms with Gasteiger partial charge in [0.05, 0.1) is 10.6 Å². The minimum atomic E-state index is -4.48. The van der Waals surface area contributed by atoms with E-state index < -0.39 is 10.1 Å². The third-order valence-electron chi connectivity index (χ3n) is 2.25. The molecule has 2 aromatic carbocycles. The van der Waals surface area contributed by atoms with Gasteiger partial charge in [0, 0.05) is 0 Å². The zero-order valence-electron chi connectivity index (χ0n) is 8.04. The first-order chi connectivity index (χ1) is 7.38. The third kappa shape index (κ3) is 1.80. The topological polar surface area (TPSA) is 103 Å². The lowest BCUT2D eigenvalue weighted by Gasteiger charge is -2.08. The van der Waals surface area contributed by atoms with Gasteiger partial charge in [-0.2, -0.15) is 0 Å². The van der Waals surface area contributed by atoms with Crippen molar-refractivity contribution in [3.05, 3.63) is 30.3 Å². The summed E-state index contributed by atoms with van der Waals surface area (Å²) in [6.07, 6.45) is 0. The molecule has 0 aliphatic rings. The SMILES string of the molecule is Nc1cc2ccc(S(=O)(=O)[O-])cc2cc1O. The van der Waals surface area contributed by atoms with Crippen LogP contribution in [0.5, 0.6) is 5.75 Å². The van der Waals surface area contributed by atoms with Gasteiger partial charge in [-0.1, -0.05) is 6.07 Å². The molecule has 6 heteroatoms. The van der Waals surface area contributed by atoms with E-state index in [0.29, 0.717) is 10.8 Å². The Morgan fingerprint density at radius 1 is 1.12 bits per heavy atom. The minimum Gasteiger partial charge on any atom is -0.744 e. The molecular formula is C10H8NO4S-. The Balaban J connectivity index is 2.77. The lowest BCUT2D eigenvalue weighted by atomic mass is 10.1. The number of anilines is 1. The number of aromatic hydroxyl groups is 1. The van der Waals surface area contributed by atoms with E-state index in [1.165, 1.54) is 30.3 Å². The zero-order chi connectivity index (χ0) is 11.9. The second kappa shape index (κ2) is 3.36. The zero-order valence-corrected chi connectivity index (χ0v) is 8.86. The molecular weight excluding hydrogens is 230 g/mol. The lowest BCUT2D eigenvalue weighted by Crippen LogP contribution is -1.98. The number of rotatable bonds is 1. The maximum atomic E-state index is 10.8. The summed E-state index contributed by atoms with van der Waals surface area (Å²) in [7, 11) is -4.48. The number of hydrogen-bond acceptors (Lipinski definition) is 5. The highest BCUT2D eigenvalue weighted by molar-refractivity contribution is 7.85. The molecule has 0 amide bonds. The minimum absolute atomic E-state index is 0.145. The number of fused-ring (bicyclic) bond motifs is 1. The van der Waals surface area contributed by atoms with Crippen LogP contribution in [0.15, 0.2) is 35.2 Å². The van der Waals surface area contributed by atoms with Crippen LogP contribution in [0.25, 0.3) is 10.8 Å². The molecule has 0 aromatic heterocycles. The Labute approximate surface area is 91.9 Å². The van der Waals surface area contributed by atoms with Crippen molar-refractivity contribution < 1.29 is 18.1 Å². The predicted molar refractivity (Wildman–Crippen MR) is 58.0 cm³/mol. The van der Waals surface area contributed by atoms with Gasteiger partial charge in [0.25, 0.3) is 0 Å². The summed E-state index contributed by atoms with van der Waals surface area (Å²) in [4.78, 5) is -0.329. The summed E-state index contributed by atoms with van der Waals surface area (Å²) in [5, 5.41) is 10.5. The van der Waals surface area contributed by atoms with Gasteiger partial charge in [0.15, 0.2) is 0 Å². The first kappa shape index (κ1) is 10.7. The van der Waals surface area contributed by atoms with Crippen molar-refractivity contribution in [2.75, 3.05) is 5.73 Å². The predicted octanol–water partition coefficient (Wildman–Crippen LogP) is 1.03. The van der Waals surface area contributed by atoms with E-state index in [2.05, 4.69) is 0 Å². The van der Waals surface area contributed by atoms with E-state index in [1.807, 2.05) is 0 Å². The van der Waals surface area contributed by atoms with E-state index in [4.69, 9.17) is 5.73 Å². The molecule has 0 unspecified atom stereocenters. The molecule has 0 aliphatic heterocycles. The molecule has 0 heterocycles. The van der Waals surface area contributed by atoms with Crippen LogP contribution in [0.2, 0.25) is 0 Å². The molecule has 84 valence electrons. The Hall–Kier alpha value is -1.79. The molecule has 0 bridgehead atoms. The van der Waals surface area contributed by atoms with Gasteiger partial charge in [0.1, 0.15) is 15.9 Å². The molecule has 0 radical (unpaired) electrons. The van der Waals surface area contributed by atoms with Crippen LogP contribution in [0, 0.1) is 0 Å². The van der Waals surface area contributed by atoms with Crippen LogP contribution in [0.1, 0.15) is 0 Å². The molecule has 2 rings (SSSR count). The van der Waals surface area contributed by atoms with Crippen LogP contribution in [-0.2, 0) is 10.1 Å². The van der Waals surface area contributed by atoms with Gasteiger partial charge in [-0.25, -0.2) is 8.42 Å². The van der Waals surface area contributed by atoms with Gasteiger partial charge in [-0.3, -0.25) is 0 Å². The highest BCUT2D eigenvalue weighted by Crippen LogP contribution is 2.28. The summed E-state index contributed by atoms with van der Waals surface area (Å²) >= 11 is 0. The van der Waals surface area contributed by atoms with Crippen molar-refractivity contribution in [1.82, 2.24) is 0 Å². The monoisotopic (exact) mass is 238 g/mol. The Kier molecular flexibility index (Phi) is 2.25. The van der Waals surface area contributed by atoms with Crippen molar-refractivity contribution >= 4 is 26.6 Å². The van der Waals surface area contributed by atoms with Crippen LogP contribution in [-0.4, -0.2) is 18.1 Å². The fraction of sp³-hybridized carbons (Fsp3) is 0. The number of phenolic OH excluding ortho intramolecular Hbond substituents is 1. The van der Waals surface area contributed by atoms with Crippen LogP contribution >= 0.6 is 0 Å². The first-order valence-electron chi connectivity index (χ1n) is 4.36. The van der Waals surface area contributed by atoms with Crippen molar-refractivity contribution in [2.24, 2.45) is 0 Å². The van der Waals surface area contributed by atoms with Crippen molar-refractivity contribution in [3.63, 3.8) is 0 Å². The van der Waals surface area contributed by atoms with Crippen molar-refractivity contribution in [3.8, 4) is 5.75 Å². The molecule has 0 saturated carbocycles. The van der Waals surface area contributed by atoms with Crippen molar-refractivity contribution in [2.45, 2.75) is 4.90 Å². The quantitative estimate of drug-likeness (QED) is 0.438. The van der Waals surface area contributed by atoms with E-state index in [9.17, 15) is 18.1 Å². The molecule has 0 aliphatic carbocycles.